The maximum absolute atomic E-state index is 6.72. The molecule has 48 heavy (non-hydrogen) atoms. The highest BCUT2D eigenvalue weighted by Crippen LogP contribution is 2.45. The van der Waals surface area contributed by atoms with E-state index in [1.807, 2.05) is 0 Å². The standard InChI is InChI=1S/C44H31BN2O/c1-28-41-33-19-9-12-22-37(33)46(31-17-7-4-8-18-31)43(41)29(2)44-42(28)34-20-10-13-23-38(34)47(44)32-25-26-36-40(27-32)48-39-24-14-11-21-35(39)45(36)30-15-5-3-6-16-30/h3-27H,1-2H3. The molecule has 0 amide bonds. The quantitative estimate of drug-likeness (QED) is 0.182. The van der Waals surface area contributed by atoms with Crippen LogP contribution in [0.25, 0.3) is 55.0 Å². The van der Waals surface area contributed by atoms with E-state index < -0.39 is 0 Å². The van der Waals surface area contributed by atoms with Crippen molar-refractivity contribution < 1.29 is 4.74 Å². The van der Waals surface area contributed by atoms with Crippen LogP contribution in [0.1, 0.15) is 11.1 Å². The highest BCUT2D eigenvalue weighted by Gasteiger charge is 2.33. The summed E-state index contributed by atoms with van der Waals surface area (Å²) in [6.07, 6.45) is 0. The van der Waals surface area contributed by atoms with E-state index in [4.69, 9.17) is 4.74 Å². The molecule has 0 fully saturated rings. The molecule has 0 unspecified atom stereocenters. The van der Waals surface area contributed by atoms with Crippen LogP contribution in [-0.4, -0.2) is 15.8 Å². The third kappa shape index (κ3) is 3.71. The molecule has 0 aliphatic carbocycles. The Bertz CT molecular complexity index is 2720. The van der Waals surface area contributed by atoms with Crippen LogP contribution in [0.2, 0.25) is 0 Å². The molecule has 226 valence electrons. The van der Waals surface area contributed by atoms with E-state index >= 15 is 0 Å². The molecule has 3 nitrogen and oxygen atoms in total. The van der Waals surface area contributed by atoms with Gasteiger partial charge < -0.3 is 13.9 Å². The number of nitrogens with zero attached hydrogens (tertiary/aromatic N) is 2. The van der Waals surface area contributed by atoms with Crippen molar-refractivity contribution in [2.75, 3.05) is 0 Å². The first-order valence-electron chi connectivity index (χ1n) is 16.7. The molecule has 0 saturated carbocycles. The number of benzene rings is 7. The van der Waals surface area contributed by atoms with Crippen LogP contribution in [0, 0.1) is 13.8 Å². The molecular weight excluding hydrogens is 583 g/mol. The molecule has 0 saturated heterocycles. The summed E-state index contributed by atoms with van der Waals surface area (Å²) in [4.78, 5) is 0. The summed E-state index contributed by atoms with van der Waals surface area (Å²) in [6, 6.07) is 54.5. The van der Waals surface area contributed by atoms with Crippen molar-refractivity contribution >= 4 is 66.7 Å². The molecule has 0 atom stereocenters. The third-order valence-corrected chi connectivity index (χ3v) is 10.4. The van der Waals surface area contributed by atoms with Gasteiger partial charge in [0, 0.05) is 39.0 Å². The molecule has 10 rings (SSSR count). The molecule has 4 heteroatoms. The van der Waals surface area contributed by atoms with Crippen molar-refractivity contribution in [2.45, 2.75) is 13.8 Å². The van der Waals surface area contributed by atoms with Gasteiger partial charge in [0.1, 0.15) is 11.5 Å². The minimum Gasteiger partial charge on any atom is -0.458 e. The van der Waals surface area contributed by atoms with Gasteiger partial charge >= 0.3 is 0 Å². The van der Waals surface area contributed by atoms with Gasteiger partial charge in [0.05, 0.1) is 22.1 Å². The first kappa shape index (κ1) is 27.1. The van der Waals surface area contributed by atoms with Crippen molar-refractivity contribution in [2.24, 2.45) is 0 Å². The minimum absolute atomic E-state index is 0.100. The van der Waals surface area contributed by atoms with Crippen molar-refractivity contribution in [3.8, 4) is 22.9 Å². The maximum atomic E-state index is 6.72. The highest BCUT2D eigenvalue weighted by atomic mass is 16.5. The summed E-state index contributed by atoms with van der Waals surface area (Å²) in [6.45, 7) is 4.71. The lowest BCUT2D eigenvalue weighted by Crippen LogP contribution is -2.54. The molecule has 0 radical (unpaired) electrons. The predicted molar refractivity (Wildman–Crippen MR) is 202 cm³/mol. The SMILES string of the molecule is Cc1c2c3ccccc3n(-c3ccccc3)c2c(C)c2c1c1ccccc1n2-c1ccc2c(c1)Oc1ccccc1B2c1ccccc1. The number of hydrogen-bond acceptors (Lipinski definition) is 1. The van der Waals surface area contributed by atoms with Gasteiger partial charge in [-0.2, -0.15) is 0 Å². The van der Waals surface area contributed by atoms with Crippen LogP contribution in [0.4, 0.5) is 0 Å². The highest BCUT2D eigenvalue weighted by molar-refractivity contribution is 6.96. The van der Waals surface area contributed by atoms with E-state index in [1.165, 1.54) is 76.8 Å². The molecular formula is C44H31BN2O. The Morgan fingerprint density at radius 3 is 1.69 bits per heavy atom. The summed E-state index contributed by atoms with van der Waals surface area (Å²) in [7, 11) is 0. The van der Waals surface area contributed by atoms with E-state index in [2.05, 4.69) is 175 Å². The van der Waals surface area contributed by atoms with E-state index in [0.717, 1.165) is 17.2 Å². The molecule has 3 heterocycles. The van der Waals surface area contributed by atoms with Crippen LogP contribution >= 0.6 is 0 Å². The monoisotopic (exact) mass is 614 g/mol. The smallest absolute Gasteiger partial charge is 0.250 e. The zero-order valence-corrected chi connectivity index (χ0v) is 26.8. The summed E-state index contributed by atoms with van der Waals surface area (Å²) >= 11 is 0. The van der Waals surface area contributed by atoms with E-state index in [0.29, 0.717) is 0 Å². The second kappa shape index (κ2) is 10.3. The number of aryl methyl sites for hydroxylation is 2. The van der Waals surface area contributed by atoms with Gasteiger partial charge in [0.15, 0.2) is 0 Å². The molecule has 0 spiro atoms. The molecule has 1 aliphatic heterocycles. The average Bonchev–Trinajstić information content (AvgIpc) is 3.68. The summed E-state index contributed by atoms with van der Waals surface area (Å²) in [5.74, 6) is 1.82. The van der Waals surface area contributed by atoms with Crippen molar-refractivity contribution in [1.29, 1.82) is 0 Å². The van der Waals surface area contributed by atoms with Gasteiger partial charge in [-0.1, -0.05) is 115 Å². The number of hydrogen-bond donors (Lipinski definition) is 0. The third-order valence-electron chi connectivity index (χ3n) is 10.4. The number of aromatic nitrogens is 2. The first-order chi connectivity index (χ1) is 23.7. The molecule has 2 aromatic heterocycles. The summed E-state index contributed by atoms with van der Waals surface area (Å²) in [5, 5.41) is 5.16. The van der Waals surface area contributed by atoms with Gasteiger partial charge in [0.25, 0.3) is 6.71 Å². The second-order valence-corrected chi connectivity index (χ2v) is 12.9. The number of ether oxygens (including phenoxy) is 1. The molecule has 1 aliphatic rings. The van der Waals surface area contributed by atoms with E-state index in [9.17, 15) is 0 Å². The summed E-state index contributed by atoms with van der Waals surface area (Å²) < 4.78 is 11.6. The lowest BCUT2D eigenvalue weighted by atomic mass is 9.36. The number of fused-ring (bicyclic) bond motifs is 8. The van der Waals surface area contributed by atoms with Gasteiger partial charge in [-0.25, -0.2) is 0 Å². The Morgan fingerprint density at radius 2 is 1.00 bits per heavy atom. The topological polar surface area (TPSA) is 19.1 Å². The van der Waals surface area contributed by atoms with E-state index in [-0.39, 0.29) is 6.71 Å². The average molecular weight is 615 g/mol. The van der Waals surface area contributed by atoms with Crippen molar-refractivity contribution in [1.82, 2.24) is 9.13 Å². The molecule has 0 N–H and O–H groups in total. The number of rotatable bonds is 3. The Labute approximate surface area is 279 Å². The van der Waals surface area contributed by atoms with Gasteiger partial charge in [-0.3, -0.25) is 0 Å². The fourth-order valence-corrected chi connectivity index (χ4v) is 8.39. The first-order valence-corrected chi connectivity index (χ1v) is 16.7. The van der Waals surface area contributed by atoms with Crippen LogP contribution in [0.3, 0.4) is 0 Å². The van der Waals surface area contributed by atoms with Crippen LogP contribution in [0.15, 0.2) is 152 Å². The van der Waals surface area contributed by atoms with Crippen molar-refractivity contribution in [3.05, 3.63) is 163 Å². The lowest BCUT2D eigenvalue weighted by molar-refractivity contribution is 0.487. The Morgan fingerprint density at radius 1 is 0.458 bits per heavy atom. The largest absolute Gasteiger partial charge is 0.458 e. The van der Waals surface area contributed by atoms with Crippen LogP contribution < -0.4 is 21.1 Å². The Kier molecular flexibility index (Phi) is 5.80. The normalized spacial score (nSPS) is 12.5. The predicted octanol–water partition coefficient (Wildman–Crippen LogP) is 9.12. The molecule has 0 bridgehead atoms. The van der Waals surface area contributed by atoms with Gasteiger partial charge in [-0.05, 0) is 72.3 Å². The fourth-order valence-electron chi connectivity index (χ4n) is 8.39. The number of para-hydroxylation sites is 4. The van der Waals surface area contributed by atoms with Crippen LogP contribution in [-0.2, 0) is 0 Å². The van der Waals surface area contributed by atoms with E-state index in [1.54, 1.807) is 0 Å². The van der Waals surface area contributed by atoms with Crippen molar-refractivity contribution in [3.63, 3.8) is 0 Å². The van der Waals surface area contributed by atoms with Crippen LogP contribution in [0.5, 0.6) is 11.5 Å². The summed E-state index contributed by atoms with van der Waals surface area (Å²) in [5.41, 5.74) is 13.4. The lowest BCUT2D eigenvalue weighted by Gasteiger charge is -2.27. The molecule has 9 aromatic rings. The second-order valence-electron chi connectivity index (χ2n) is 12.9. The fraction of sp³-hybridized carbons (Fsp3) is 0.0455. The molecule has 7 aromatic carbocycles. The maximum Gasteiger partial charge on any atom is 0.250 e. The minimum atomic E-state index is 0.100. The van der Waals surface area contributed by atoms with Gasteiger partial charge in [0.2, 0.25) is 0 Å². The Hall–Kier alpha value is -6.00. The van der Waals surface area contributed by atoms with Gasteiger partial charge in [-0.15, -0.1) is 0 Å². The zero-order chi connectivity index (χ0) is 31.9. The zero-order valence-electron chi connectivity index (χ0n) is 26.8. The Balaban J connectivity index is 1.30.